The van der Waals surface area contributed by atoms with Crippen LogP contribution in [0.1, 0.15) is 18.7 Å². The molecular formula is C19H19N5O2S3. The van der Waals surface area contributed by atoms with E-state index in [0.29, 0.717) is 5.70 Å². The van der Waals surface area contributed by atoms with Crippen molar-refractivity contribution >= 4 is 78.1 Å². The molecule has 0 spiro atoms. The van der Waals surface area contributed by atoms with Crippen LogP contribution in [0.5, 0.6) is 0 Å². The number of thiocarbonyl (C=S) groups is 1. The molecule has 7 nitrogen and oxygen atoms in total. The van der Waals surface area contributed by atoms with Crippen LogP contribution < -0.4 is 21.1 Å². The molecule has 1 fully saturated rings. The number of carbonyl (C=O) groups is 1. The van der Waals surface area contributed by atoms with Crippen molar-refractivity contribution in [2.45, 2.75) is 13.8 Å². The zero-order chi connectivity index (χ0) is 20.4. The summed E-state index contributed by atoms with van der Waals surface area (Å²) in [6.07, 6.45) is 1.73. The van der Waals surface area contributed by atoms with Crippen LogP contribution in [0.25, 0.3) is 15.6 Å². The Morgan fingerprint density at radius 3 is 2.59 bits per heavy atom. The number of nitrogens with one attached hydrogen (secondary N) is 3. The third-order valence-corrected chi connectivity index (χ3v) is 6.56. The molecule has 3 heterocycles. The second kappa shape index (κ2) is 8.36. The van der Waals surface area contributed by atoms with Crippen molar-refractivity contribution in [3.8, 4) is 0 Å². The van der Waals surface area contributed by atoms with E-state index in [9.17, 15) is 4.79 Å². The van der Waals surface area contributed by atoms with E-state index in [1.54, 1.807) is 6.08 Å². The molecule has 0 amide bonds. The van der Waals surface area contributed by atoms with Gasteiger partial charge in [-0.15, -0.1) is 11.3 Å². The van der Waals surface area contributed by atoms with E-state index in [1.807, 2.05) is 18.2 Å². The highest BCUT2D eigenvalue weighted by Crippen LogP contribution is 2.34. The Hall–Kier alpha value is -2.69. The van der Waals surface area contributed by atoms with Crippen molar-refractivity contribution in [1.29, 1.82) is 0 Å². The molecule has 29 heavy (non-hydrogen) atoms. The minimum Gasteiger partial charge on any atom is -0.394 e. The fourth-order valence-electron chi connectivity index (χ4n) is 2.91. The maximum absolute atomic E-state index is 11.6. The van der Waals surface area contributed by atoms with Crippen LogP contribution in [0.15, 0.2) is 36.0 Å². The van der Waals surface area contributed by atoms with Gasteiger partial charge < -0.3 is 15.0 Å². The van der Waals surface area contributed by atoms with Crippen LogP contribution in [0.4, 0.5) is 16.5 Å². The average Bonchev–Trinajstić information content (AvgIpc) is 3.35. The average molecular weight is 446 g/mol. The first-order chi connectivity index (χ1) is 14.1. The molecule has 1 saturated heterocycles. The first kappa shape index (κ1) is 19.6. The lowest BCUT2D eigenvalue weighted by molar-refractivity contribution is -0.129. The van der Waals surface area contributed by atoms with Gasteiger partial charge in [-0.25, -0.2) is 9.78 Å². The van der Waals surface area contributed by atoms with Crippen molar-refractivity contribution in [1.82, 2.24) is 10.3 Å². The Bertz CT molecular complexity index is 1050. The van der Waals surface area contributed by atoms with Crippen LogP contribution in [-0.4, -0.2) is 29.2 Å². The topological polar surface area (TPSA) is 78.5 Å². The van der Waals surface area contributed by atoms with Crippen LogP contribution >= 0.6 is 34.9 Å². The van der Waals surface area contributed by atoms with E-state index < -0.39 is 5.97 Å². The van der Waals surface area contributed by atoms with E-state index in [1.165, 1.54) is 28.4 Å². The van der Waals surface area contributed by atoms with Gasteiger partial charge in [0.15, 0.2) is 0 Å². The van der Waals surface area contributed by atoms with Crippen molar-refractivity contribution in [2.75, 3.05) is 28.8 Å². The second-order valence-corrected chi connectivity index (χ2v) is 8.63. The number of thiazole rings is 1. The van der Waals surface area contributed by atoms with Gasteiger partial charge in [0, 0.05) is 23.7 Å². The van der Waals surface area contributed by atoms with Gasteiger partial charge in [-0.2, -0.15) is 0 Å². The molecule has 0 atom stereocenters. The Balaban J connectivity index is 1.41. The van der Waals surface area contributed by atoms with Gasteiger partial charge in [0.05, 0.1) is 10.4 Å². The van der Waals surface area contributed by atoms with E-state index >= 15 is 0 Å². The molecule has 0 unspecified atom stereocenters. The number of benzene rings is 1. The summed E-state index contributed by atoms with van der Waals surface area (Å²) in [5, 5.41) is 3.60. The number of esters is 1. The van der Waals surface area contributed by atoms with E-state index in [4.69, 9.17) is 17.0 Å². The lowest BCUT2D eigenvalue weighted by Crippen LogP contribution is -2.21. The van der Waals surface area contributed by atoms with Gasteiger partial charge in [0.1, 0.15) is 10.5 Å². The fourth-order valence-corrected chi connectivity index (χ4v) is 5.12. The number of rotatable bonds is 7. The Labute approximate surface area is 181 Å². The summed E-state index contributed by atoms with van der Waals surface area (Å²) >= 11 is 7.87. The smallest absolute Gasteiger partial charge is 0.362 e. The molecule has 1 aromatic carbocycles. The third kappa shape index (κ3) is 4.34. The molecule has 4 rings (SSSR count). The number of hydrogen-bond donors (Lipinski definition) is 3. The summed E-state index contributed by atoms with van der Waals surface area (Å²) in [5.74, 6) is -0.460. The van der Waals surface area contributed by atoms with E-state index in [2.05, 4.69) is 52.0 Å². The van der Waals surface area contributed by atoms with Crippen molar-refractivity contribution in [3.05, 3.63) is 40.9 Å². The fraction of sp³-hybridized carbons (Fsp3) is 0.211. The summed E-state index contributed by atoms with van der Waals surface area (Å²) in [7, 11) is 0. The monoisotopic (exact) mass is 445 g/mol. The number of aromatic nitrogens is 1. The summed E-state index contributed by atoms with van der Waals surface area (Å²) < 4.78 is 5.85. The van der Waals surface area contributed by atoms with Gasteiger partial charge in [-0.05, 0) is 62.5 Å². The highest BCUT2D eigenvalue weighted by Gasteiger charge is 2.23. The molecule has 1 aliphatic rings. The van der Waals surface area contributed by atoms with Gasteiger partial charge in [0.2, 0.25) is 5.13 Å². The molecule has 10 heteroatoms. The number of fused-ring (bicyclic) bond motifs is 1. The lowest BCUT2D eigenvalue weighted by atomic mass is 10.2. The van der Waals surface area contributed by atoms with E-state index in [-0.39, 0.29) is 5.17 Å². The largest absolute Gasteiger partial charge is 0.394 e. The zero-order valence-corrected chi connectivity index (χ0v) is 18.3. The summed E-state index contributed by atoms with van der Waals surface area (Å²) in [6, 6.07) is 10.3. The van der Waals surface area contributed by atoms with Gasteiger partial charge in [0.25, 0.3) is 5.17 Å². The molecular weight excluding hydrogens is 426 g/mol. The van der Waals surface area contributed by atoms with Crippen LogP contribution in [-0.2, 0) is 9.53 Å². The molecule has 1 aliphatic heterocycles. The van der Waals surface area contributed by atoms with E-state index in [0.717, 1.165) is 38.3 Å². The maximum atomic E-state index is 11.6. The number of nitrogens with zero attached hydrogens (tertiary/aromatic N) is 2. The number of anilines is 3. The number of hydrogen-bond acceptors (Lipinski definition) is 9. The lowest BCUT2D eigenvalue weighted by Gasteiger charge is -2.21. The molecule has 0 aliphatic carbocycles. The van der Waals surface area contributed by atoms with Gasteiger partial charge >= 0.3 is 5.97 Å². The quantitative estimate of drug-likeness (QED) is 0.214. The summed E-state index contributed by atoms with van der Waals surface area (Å²) in [5.41, 5.74) is 8.85. The Kier molecular flexibility index (Phi) is 5.65. The number of thiophene rings is 1. The SMILES string of the molecule is CCN(CC)c1ccc(NNc2nc3sc(/C=C4/NC(=S)OC4=O)cc3s2)cc1. The molecule has 0 saturated carbocycles. The van der Waals surface area contributed by atoms with Gasteiger partial charge in [-0.1, -0.05) is 11.3 Å². The standard InChI is InChI=1S/C19H19N5O2S3/c1-3-24(4-2)12-7-5-11(6-8-12)22-23-18-21-16-15(29-18)10-13(28-16)9-14-17(25)26-19(27)20-14/h5-10,22H,3-4H2,1-2H3,(H,20,27)(H,21,23)/b14-9+. The Morgan fingerprint density at radius 2 is 1.97 bits per heavy atom. The summed E-state index contributed by atoms with van der Waals surface area (Å²) in [4.78, 5) is 20.3. The predicted molar refractivity (Wildman–Crippen MR) is 125 cm³/mol. The number of ether oxygens (including phenoxy) is 1. The zero-order valence-electron chi connectivity index (χ0n) is 15.8. The minimum atomic E-state index is -0.460. The molecule has 150 valence electrons. The first-order valence-electron chi connectivity index (χ1n) is 9.08. The number of hydrazine groups is 1. The highest BCUT2D eigenvalue weighted by atomic mass is 32.1. The Morgan fingerprint density at radius 1 is 1.21 bits per heavy atom. The normalized spacial score (nSPS) is 14.9. The molecule has 3 aromatic rings. The van der Waals surface area contributed by atoms with Crippen molar-refractivity contribution < 1.29 is 9.53 Å². The minimum absolute atomic E-state index is 0.0837. The van der Waals surface area contributed by atoms with Crippen LogP contribution in [0.2, 0.25) is 0 Å². The van der Waals surface area contributed by atoms with Crippen LogP contribution in [0.3, 0.4) is 0 Å². The number of cyclic esters (lactones) is 1. The molecule has 0 radical (unpaired) electrons. The van der Waals surface area contributed by atoms with Gasteiger partial charge in [-0.3, -0.25) is 10.9 Å². The first-order valence-corrected chi connectivity index (χ1v) is 11.1. The maximum Gasteiger partial charge on any atom is 0.362 e. The van der Waals surface area contributed by atoms with Crippen LogP contribution in [0, 0.1) is 0 Å². The molecule has 2 aromatic heterocycles. The van der Waals surface area contributed by atoms with Crippen molar-refractivity contribution in [3.63, 3.8) is 0 Å². The summed E-state index contributed by atoms with van der Waals surface area (Å²) in [6.45, 7) is 6.27. The molecule has 3 N–H and O–H groups in total. The molecule has 0 bridgehead atoms. The number of carbonyl (C=O) groups excluding carboxylic acids is 1. The predicted octanol–water partition coefficient (Wildman–Crippen LogP) is 4.42. The third-order valence-electron chi connectivity index (χ3n) is 4.35. The van der Waals surface area contributed by atoms with Crippen molar-refractivity contribution in [2.24, 2.45) is 0 Å². The highest BCUT2D eigenvalue weighted by molar-refractivity contribution is 7.80. The second-order valence-electron chi connectivity index (χ2n) is 6.17.